The third-order valence-electron chi connectivity index (χ3n) is 8.85. The van der Waals surface area contributed by atoms with Crippen LogP contribution >= 0.6 is 11.3 Å². The maximum atomic E-state index is 14.0. The first kappa shape index (κ1) is 30.6. The standard InChI is InChI=1S/C29H39N5O6S2/c1-17(2)23(33-42(3,39)40)28(38)34-16-29(11-6-7-12-29)15-21(34)26(37)31-20(14-18-10-13-30-25(18)36)24(35)27-32-19-8-4-5-9-22(19)41-27/h4-5,8-9,17-18,20-21,23,33H,6-7,10-16H2,1-3H3,(H,30,36)(H,31,37)/t18-,20-,21?,23-/m0/s1. The van der Waals surface area contributed by atoms with Crippen LogP contribution in [0.5, 0.6) is 0 Å². The maximum Gasteiger partial charge on any atom is 0.243 e. The molecule has 3 heterocycles. The Morgan fingerprint density at radius 3 is 2.52 bits per heavy atom. The summed E-state index contributed by atoms with van der Waals surface area (Å²) in [6, 6.07) is 4.52. The molecule has 1 aromatic heterocycles. The highest BCUT2D eigenvalue weighted by Gasteiger charge is 2.51. The van der Waals surface area contributed by atoms with Crippen LogP contribution in [-0.4, -0.2) is 79.3 Å². The lowest BCUT2D eigenvalue weighted by Crippen LogP contribution is -2.56. The molecule has 4 atom stereocenters. The van der Waals surface area contributed by atoms with Crippen LogP contribution in [0, 0.1) is 17.3 Å². The number of carbonyl (C=O) groups excluding carboxylic acids is 4. The molecule has 3 N–H and O–H groups in total. The summed E-state index contributed by atoms with van der Waals surface area (Å²) >= 11 is 1.24. The normalized spacial score (nSPS) is 23.4. The second-order valence-corrected chi connectivity index (χ2v) is 15.2. The number of hydrogen-bond acceptors (Lipinski definition) is 8. The Balaban J connectivity index is 1.43. The maximum absolute atomic E-state index is 14.0. The molecule has 1 unspecified atom stereocenters. The number of fused-ring (bicyclic) bond motifs is 1. The van der Waals surface area contributed by atoms with E-state index >= 15 is 0 Å². The highest BCUT2D eigenvalue weighted by atomic mass is 32.2. The number of likely N-dealkylation sites (tertiary alicyclic amines) is 1. The smallest absolute Gasteiger partial charge is 0.243 e. The third-order valence-corrected chi connectivity index (χ3v) is 10.6. The lowest BCUT2D eigenvalue weighted by molar-refractivity contribution is -0.140. The average Bonchev–Trinajstić information content (AvgIpc) is 3.73. The molecule has 42 heavy (non-hydrogen) atoms. The molecule has 1 aromatic carbocycles. The van der Waals surface area contributed by atoms with Crippen LogP contribution in [0.3, 0.4) is 0 Å². The molecule has 3 amide bonds. The van der Waals surface area contributed by atoms with Gasteiger partial charge in [0.15, 0.2) is 5.01 Å². The topological polar surface area (TPSA) is 155 Å². The Morgan fingerprint density at radius 1 is 1.19 bits per heavy atom. The minimum absolute atomic E-state index is 0.127. The molecule has 1 saturated carbocycles. The largest absolute Gasteiger partial charge is 0.356 e. The fraction of sp³-hybridized carbons (Fsp3) is 0.621. The number of sulfonamides is 1. The third kappa shape index (κ3) is 6.52. The number of benzene rings is 1. The van der Waals surface area contributed by atoms with E-state index in [1.165, 1.54) is 16.2 Å². The summed E-state index contributed by atoms with van der Waals surface area (Å²) in [7, 11) is -3.69. The van der Waals surface area contributed by atoms with E-state index in [9.17, 15) is 27.6 Å². The molecule has 3 fully saturated rings. The van der Waals surface area contributed by atoms with Gasteiger partial charge in [-0.15, -0.1) is 11.3 Å². The number of ketones is 1. The minimum atomic E-state index is -3.69. The van der Waals surface area contributed by atoms with Crippen molar-refractivity contribution in [2.75, 3.05) is 19.3 Å². The van der Waals surface area contributed by atoms with Gasteiger partial charge < -0.3 is 15.5 Å². The van der Waals surface area contributed by atoms with Crippen molar-refractivity contribution in [1.29, 1.82) is 0 Å². The molecular formula is C29H39N5O6S2. The van der Waals surface area contributed by atoms with E-state index in [1.807, 2.05) is 24.3 Å². The first-order chi connectivity index (χ1) is 19.9. The zero-order valence-electron chi connectivity index (χ0n) is 24.2. The van der Waals surface area contributed by atoms with E-state index in [4.69, 9.17) is 0 Å². The highest BCUT2D eigenvalue weighted by Crippen LogP contribution is 2.48. The minimum Gasteiger partial charge on any atom is -0.356 e. The summed E-state index contributed by atoms with van der Waals surface area (Å²) in [6.07, 6.45) is 5.90. The van der Waals surface area contributed by atoms with Crippen LogP contribution in [0.1, 0.15) is 68.6 Å². The number of hydrogen-bond donors (Lipinski definition) is 3. The summed E-state index contributed by atoms with van der Waals surface area (Å²) in [6.45, 7) is 4.39. The Kier molecular flexibility index (Phi) is 8.73. The Bertz CT molecular complexity index is 1450. The molecule has 1 spiro atoms. The molecule has 2 aliphatic heterocycles. The van der Waals surface area contributed by atoms with E-state index in [0.29, 0.717) is 31.4 Å². The van der Waals surface area contributed by atoms with Crippen LogP contribution in [0.25, 0.3) is 10.2 Å². The molecule has 228 valence electrons. The fourth-order valence-corrected chi connectivity index (χ4v) is 8.47. The van der Waals surface area contributed by atoms with Gasteiger partial charge in [-0.2, -0.15) is 0 Å². The molecular weight excluding hydrogens is 578 g/mol. The summed E-state index contributed by atoms with van der Waals surface area (Å²) < 4.78 is 27.5. The van der Waals surface area contributed by atoms with Crippen molar-refractivity contribution in [2.24, 2.45) is 17.3 Å². The van der Waals surface area contributed by atoms with Gasteiger partial charge in [-0.25, -0.2) is 18.1 Å². The number of amides is 3. The van der Waals surface area contributed by atoms with Crippen LogP contribution in [-0.2, 0) is 24.4 Å². The van der Waals surface area contributed by atoms with Gasteiger partial charge in [0.2, 0.25) is 33.5 Å². The Morgan fingerprint density at radius 2 is 1.90 bits per heavy atom. The van der Waals surface area contributed by atoms with Crippen LogP contribution in [0.4, 0.5) is 0 Å². The van der Waals surface area contributed by atoms with Crippen molar-refractivity contribution in [2.45, 2.75) is 76.9 Å². The quantitative estimate of drug-likeness (QED) is 0.346. The van der Waals surface area contributed by atoms with E-state index in [2.05, 4.69) is 20.3 Å². The van der Waals surface area contributed by atoms with E-state index in [1.54, 1.807) is 13.8 Å². The van der Waals surface area contributed by atoms with Gasteiger partial charge in [-0.3, -0.25) is 19.2 Å². The van der Waals surface area contributed by atoms with Crippen LogP contribution in [0.2, 0.25) is 0 Å². The van der Waals surface area contributed by atoms with E-state index < -0.39 is 45.9 Å². The molecule has 5 rings (SSSR count). The Labute approximate surface area is 250 Å². The van der Waals surface area contributed by atoms with Gasteiger partial charge in [0.05, 0.1) is 22.5 Å². The van der Waals surface area contributed by atoms with Gasteiger partial charge in [0.25, 0.3) is 0 Å². The Hall–Kier alpha value is -2.90. The average molecular weight is 618 g/mol. The summed E-state index contributed by atoms with van der Waals surface area (Å²) in [5.74, 6) is -2.20. The first-order valence-electron chi connectivity index (χ1n) is 14.6. The number of nitrogens with one attached hydrogen (secondary N) is 3. The number of thiazole rings is 1. The van der Waals surface area contributed by atoms with Crippen LogP contribution in [0.15, 0.2) is 24.3 Å². The fourth-order valence-electron chi connectivity index (χ4n) is 6.67. The summed E-state index contributed by atoms with van der Waals surface area (Å²) in [5, 5.41) is 5.97. The summed E-state index contributed by atoms with van der Waals surface area (Å²) in [4.78, 5) is 60.2. The lowest BCUT2D eigenvalue weighted by Gasteiger charge is -2.31. The zero-order chi connectivity index (χ0) is 30.2. The van der Waals surface area contributed by atoms with Crippen molar-refractivity contribution >= 4 is 55.1 Å². The van der Waals surface area contributed by atoms with Gasteiger partial charge in [0.1, 0.15) is 12.1 Å². The molecule has 13 heteroatoms. The number of Topliss-reactive ketones (excluding diaryl/α,β-unsaturated/α-hetero) is 1. The summed E-state index contributed by atoms with van der Waals surface area (Å²) in [5.41, 5.74) is 0.464. The number of aromatic nitrogens is 1. The predicted molar refractivity (Wildman–Crippen MR) is 159 cm³/mol. The second kappa shape index (κ2) is 12.0. The van der Waals surface area contributed by atoms with Crippen LogP contribution < -0.4 is 15.4 Å². The molecule has 0 bridgehead atoms. The molecule has 3 aliphatic rings. The molecule has 11 nitrogen and oxygen atoms in total. The van der Waals surface area contributed by atoms with E-state index in [0.717, 1.165) is 36.6 Å². The monoisotopic (exact) mass is 617 g/mol. The first-order valence-corrected chi connectivity index (χ1v) is 17.3. The van der Waals surface area contributed by atoms with Gasteiger partial charge in [-0.1, -0.05) is 38.8 Å². The number of para-hydroxylation sites is 1. The number of carbonyl (C=O) groups is 4. The van der Waals surface area contributed by atoms with Gasteiger partial charge in [0, 0.05) is 19.0 Å². The molecule has 2 saturated heterocycles. The van der Waals surface area contributed by atoms with E-state index in [-0.39, 0.29) is 34.5 Å². The van der Waals surface area contributed by atoms with Gasteiger partial charge in [-0.05, 0) is 55.6 Å². The number of rotatable bonds is 10. The SMILES string of the molecule is CC(C)[C@H](NS(C)(=O)=O)C(=O)N1CC2(CCCC2)CC1C(=O)N[C@@H](C[C@@H]1CCNC1=O)C(=O)c1nc2ccccc2s1. The van der Waals surface area contributed by atoms with Crippen molar-refractivity contribution in [1.82, 2.24) is 25.2 Å². The van der Waals surface area contributed by atoms with Crippen molar-refractivity contribution in [3.63, 3.8) is 0 Å². The highest BCUT2D eigenvalue weighted by molar-refractivity contribution is 7.88. The predicted octanol–water partition coefficient (Wildman–Crippen LogP) is 2.23. The second-order valence-electron chi connectivity index (χ2n) is 12.4. The number of nitrogens with zero attached hydrogens (tertiary/aromatic N) is 2. The van der Waals surface area contributed by atoms with Gasteiger partial charge >= 0.3 is 0 Å². The molecule has 2 aromatic rings. The molecule has 1 aliphatic carbocycles. The van der Waals surface area contributed by atoms with Crippen molar-refractivity contribution in [3.8, 4) is 0 Å². The zero-order valence-corrected chi connectivity index (χ0v) is 25.9. The van der Waals surface area contributed by atoms with Crippen molar-refractivity contribution < 1.29 is 27.6 Å². The lowest BCUT2D eigenvalue weighted by atomic mass is 9.83. The van der Waals surface area contributed by atoms with Crippen molar-refractivity contribution in [3.05, 3.63) is 29.3 Å². The molecule has 0 radical (unpaired) electrons.